The third kappa shape index (κ3) is 3.55. The maximum absolute atomic E-state index is 11.9. The van der Waals surface area contributed by atoms with Crippen LogP contribution in [-0.2, 0) is 11.4 Å². The van der Waals surface area contributed by atoms with E-state index >= 15 is 0 Å². The number of hydrogen-bond acceptors (Lipinski definition) is 3. The molecule has 98 valence electrons. The largest absolute Gasteiger partial charge is 0.392 e. The van der Waals surface area contributed by atoms with E-state index in [1.807, 2.05) is 18.2 Å². The van der Waals surface area contributed by atoms with E-state index in [1.54, 1.807) is 6.07 Å². The van der Waals surface area contributed by atoms with Crippen LogP contribution in [0.5, 0.6) is 0 Å². The normalized spacial score (nSPS) is 14.8. The van der Waals surface area contributed by atoms with E-state index in [0.29, 0.717) is 12.6 Å². The molecule has 4 nitrogen and oxygen atoms in total. The number of benzene rings is 1. The molecule has 0 heterocycles. The Labute approximate surface area is 108 Å². The molecule has 0 atom stereocenters. The fourth-order valence-corrected chi connectivity index (χ4v) is 2.07. The first-order valence-electron chi connectivity index (χ1n) is 6.46. The summed E-state index contributed by atoms with van der Waals surface area (Å²) in [6.45, 7) is 3.43. The molecule has 1 aromatic rings. The van der Waals surface area contributed by atoms with Crippen LogP contribution in [0, 0.1) is 0 Å². The Balaban J connectivity index is 1.89. The predicted octanol–water partition coefficient (Wildman–Crippen LogP) is 1.60. The van der Waals surface area contributed by atoms with Gasteiger partial charge in [0.05, 0.1) is 13.2 Å². The Kier molecular flexibility index (Phi) is 4.33. The van der Waals surface area contributed by atoms with Gasteiger partial charge in [-0.1, -0.05) is 19.1 Å². The summed E-state index contributed by atoms with van der Waals surface area (Å²) in [5.74, 6) is 0.0128. The fraction of sp³-hybridized carbons (Fsp3) is 0.500. The molecule has 0 saturated heterocycles. The lowest BCUT2D eigenvalue weighted by Gasteiger charge is -2.19. The summed E-state index contributed by atoms with van der Waals surface area (Å²) < 4.78 is 0. The monoisotopic (exact) mass is 248 g/mol. The highest BCUT2D eigenvalue weighted by atomic mass is 16.3. The summed E-state index contributed by atoms with van der Waals surface area (Å²) in [4.78, 5) is 14.1. The molecule has 0 spiro atoms. The molecular weight excluding hydrogens is 228 g/mol. The molecule has 1 aromatic carbocycles. The van der Waals surface area contributed by atoms with Crippen LogP contribution in [0.4, 0.5) is 5.69 Å². The molecule has 0 radical (unpaired) electrons. The van der Waals surface area contributed by atoms with Crippen molar-refractivity contribution in [3.05, 3.63) is 29.8 Å². The van der Waals surface area contributed by atoms with Gasteiger partial charge in [0.15, 0.2) is 0 Å². The zero-order valence-corrected chi connectivity index (χ0v) is 10.7. The predicted molar refractivity (Wildman–Crippen MR) is 71.3 cm³/mol. The summed E-state index contributed by atoms with van der Waals surface area (Å²) in [6.07, 6.45) is 2.42. The van der Waals surface area contributed by atoms with Crippen molar-refractivity contribution < 1.29 is 9.90 Å². The molecule has 2 rings (SSSR count). The van der Waals surface area contributed by atoms with Crippen molar-refractivity contribution in [2.75, 3.05) is 18.4 Å². The van der Waals surface area contributed by atoms with Crippen LogP contribution in [0.15, 0.2) is 24.3 Å². The number of aliphatic hydroxyl groups excluding tert-OH is 1. The van der Waals surface area contributed by atoms with E-state index in [1.165, 1.54) is 12.8 Å². The fourth-order valence-electron chi connectivity index (χ4n) is 2.07. The van der Waals surface area contributed by atoms with Crippen LogP contribution >= 0.6 is 0 Å². The zero-order chi connectivity index (χ0) is 13.0. The van der Waals surface area contributed by atoms with Gasteiger partial charge in [-0.15, -0.1) is 0 Å². The summed E-state index contributed by atoms with van der Waals surface area (Å²) in [7, 11) is 0. The topological polar surface area (TPSA) is 52.6 Å². The summed E-state index contributed by atoms with van der Waals surface area (Å²) in [5.41, 5.74) is 1.56. The smallest absolute Gasteiger partial charge is 0.238 e. The Morgan fingerprint density at radius 1 is 1.50 bits per heavy atom. The summed E-state index contributed by atoms with van der Waals surface area (Å²) in [6, 6.07) is 7.90. The summed E-state index contributed by atoms with van der Waals surface area (Å²) in [5, 5.41) is 11.9. The Morgan fingerprint density at radius 3 is 2.89 bits per heavy atom. The number of amides is 1. The highest BCUT2D eigenvalue weighted by Gasteiger charge is 2.28. The quantitative estimate of drug-likeness (QED) is 0.804. The van der Waals surface area contributed by atoms with Gasteiger partial charge in [-0.3, -0.25) is 9.69 Å². The van der Waals surface area contributed by atoms with Crippen molar-refractivity contribution in [1.29, 1.82) is 0 Å². The molecule has 0 aromatic heterocycles. The molecule has 18 heavy (non-hydrogen) atoms. The van der Waals surface area contributed by atoms with Crippen molar-refractivity contribution in [3.8, 4) is 0 Å². The standard InChI is InChI=1S/C14H20N2O2/c1-2-16(13-6-7-13)9-14(18)15-12-5-3-4-11(8-12)10-17/h3-5,8,13,17H,2,6-7,9-10H2,1H3,(H,15,18). The molecule has 4 heteroatoms. The van der Waals surface area contributed by atoms with Crippen LogP contribution < -0.4 is 5.32 Å². The SMILES string of the molecule is CCN(CC(=O)Nc1cccc(CO)c1)C1CC1. The lowest BCUT2D eigenvalue weighted by Crippen LogP contribution is -2.34. The lowest BCUT2D eigenvalue weighted by molar-refractivity contribution is -0.117. The van der Waals surface area contributed by atoms with Gasteiger partial charge in [-0.05, 0) is 37.1 Å². The van der Waals surface area contributed by atoms with Gasteiger partial charge in [0, 0.05) is 11.7 Å². The van der Waals surface area contributed by atoms with Crippen LogP contribution in [0.1, 0.15) is 25.3 Å². The van der Waals surface area contributed by atoms with Gasteiger partial charge in [-0.25, -0.2) is 0 Å². The number of nitrogens with one attached hydrogen (secondary N) is 1. The molecule has 0 bridgehead atoms. The minimum atomic E-state index is -0.00707. The molecule has 1 fully saturated rings. The second kappa shape index (κ2) is 5.98. The average Bonchev–Trinajstić information content (AvgIpc) is 3.20. The van der Waals surface area contributed by atoms with Gasteiger partial charge in [0.25, 0.3) is 0 Å². The number of anilines is 1. The number of carbonyl (C=O) groups is 1. The van der Waals surface area contributed by atoms with Gasteiger partial charge in [0.2, 0.25) is 5.91 Å². The van der Waals surface area contributed by atoms with Crippen molar-refractivity contribution in [1.82, 2.24) is 4.90 Å². The van der Waals surface area contributed by atoms with Crippen molar-refractivity contribution in [2.45, 2.75) is 32.4 Å². The molecule has 2 N–H and O–H groups in total. The van der Waals surface area contributed by atoms with Gasteiger partial charge < -0.3 is 10.4 Å². The minimum absolute atomic E-state index is 0.00707. The van der Waals surface area contributed by atoms with Crippen molar-refractivity contribution in [3.63, 3.8) is 0 Å². The number of likely N-dealkylation sites (N-methyl/N-ethyl adjacent to an activating group) is 1. The Morgan fingerprint density at radius 2 is 2.28 bits per heavy atom. The number of nitrogens with zero attached hydrogens (tertiary/aromatic N) is 1. The maximum Gasteiger partial charge on any atom is 0.238 e. The highest BCUT2D eigenvalue weighted by Crippen LogP contribution is 2.26. The van der Waals surface area contributed by atoms with Crippen LogP contribution in [0.2, 0.25) is 0 Å². The van der Waals surface area contributed by atoms with E-state index < -0.39 is 0 Å². The van der Waals surface area contributed by atoms with E-state index in [0.717, 1.165) is 17.8 Å². The molecule has 1 aliphatic rings. The third-order valence-corrected chi connectivity index (χ3v) is 3.21. The second-order valence-electron chi connectivity index (χ2n) is 4.70. The van der Waals surface area contributed by atoms with Crippen LogP contribution in [0.25, 0.3) is 0 Å². The summed E-state index contributed by atoms with van der Waals surface area (Å²) >= 11 is 0. The number of aliphatic hydroxyl groups is 1. The molecule has 1 aliphatic carbocycles. The van der Waals surface area contributed by atoms with Crippen molar-refractivity contribution >= 4 is 11.6 Å². The van der Waals surface area contributed by atoms with Crippen LogP contribution in [-0.4, -0.2) is 35.0 Å². The number of hydrogen-bond donors (Lipinski definition) is 2. The van der Waals surface area contributed by atoms with E-state index in [4.69, 9.17) is 5.11 Å². The van der Waals surface area contributed by atoms with E-state index in [9.17, 15) is 4.79 Å². The number of rotatable bonds is 6. The number of carbonyl (C=O) groups excluding carboxylic acids is 1. The molecule has 1 saturated carbocycles. The average molecular weight is 248 g/mol. The van der Waals surface area contributed by atoms with E-state index in [-0.39, 0.29) is 12.5 Å². The Bertz CT molecular complexity index is 416. The first kappa shape index (κ1) is 13.1. The first-order valence-corrected chi connectivity index (χ1v) is 6.46. The van der Waals surface area contributed by atoms with E-state index in [2.05, 4.69) is 17.1 Å². The van der Waals surface area contributed by atoms with Crippen LogP contribution in [0.3, 0.4) is 0 Å². The third-order valence-electron chi connectivity index (χ3n) is 3.21. The minimum Gasteiger partial charge on any atom is -0.392 e. The van der Waals surface area contributed by atoms with Crippen molar-refractivity contribution in [2.24, 2.45) is 0 Å². The maximum atomic E-state index is 11.9. The zero-order valence-electron chi connectivity index (χ0n) is 10.7. The molecule has 0 unspecified atom stereocenters. The van der Waals surface area contributed by atoms with Gasteiger partial charge >= 0.3 is 0 Å². The first-order chi connectivity index (χ1) is 8.72. The molecular formula is C14H20N2O2. The lowest BCUT2D eigenvalue weighted by atomic mass is 10.2. The van der Waals surface area contributed by atoms with Gasteiger partial charge in [-0.2, -0.15) is 0 Å². The highest BCUT2D eigenvalue weighted by molar-refractivity contribution is 5.92. The second-order valence-corrected chi connectivity index (χ2v) is 4.70. The molecule has 0 aliphatic heterocycles. The molecule has 1 amide bonds. The van der Waals surface area contributed by atoms with Gasteiger partial charge in [0.1, 0.15) is 0 Å². The Hall–Kier alpha value is -1.39.